The molecule has 1 aromatic carbocycles. The zero-order chi connectivity index (χ0) is 18.5. The highest BCUT2D eigenvalue weighted by molar-refractivity contribution is 5.97. The largest absolute Gasteiger partial charge is 0.383 e. The number of nitrogens with one attached hydrogen (secondary N) is 1. The number of aromatic nitrogens is 1. The Morgan fingerprint density at radius 1 is 1.27 bits per heavy atom. The fourth-order valence-corrected chi connectivity index (χ4v) is 3.27. The summed E-state index contributed by atoms with van der Waals surface area (Å²) in [4.78, 5) is 26.4. The number of carbonyl (C=O) groups is 2. The fourth-order valence-electron chi connectivity index (χ4n) is 3.27. The normalized spacial score (nSPS) is 16.2. The van der Waals surface area contributed by atoms with E-state index in [0.29, 0.717) is 31.8 Å². The van der Waals surface area contributed by atoms with Crippen molar-refractivity contribution in [3.8, 4) is 0 Å². The zero-order valence-electron chi connectivity index (χ0n) is 14.7. The monoisotopic (exact) mass is 359 g/mol. The van der Waals surface area contributed by atoms with Crippen LogP contribution in [0.1, 0.15) is 23.7 Å². The number of halogens is 1. The Morgan fingerprint density at radius 2 is 2.12 bits per heavy atom. The lowest BCUT2D eigenvalue weighted by atomic mass is 9.99. The Balaban J connectivity index is 1.81. The summed E-state index contributed by atoms with van der Waals surface area (Å²) in [7, 11) is 1.55. The maximum absolute atomic E-state index is 13.7. The number of nitrogens with zero attached hydrogens (tertiary/aromatic N) is 2. The molecule has 0 spiro atoms. The lowest BCUT2D eigenvalue weighted by Crippen LogP contribution is -2.44. The third-order valence-electron chi connectivity index (χ3n) is 4.46. The minimum absolute atomic E-state index is 0.240. The summed E-state index contributed by atoms with van der Waals surface area (Å²) in [5.74, 6) is -0.969. The molecule has 6 nitrogen and oxygen atoms in total. The van der Waals surface area contributed by atoms with Crippen molar-refractivity contribution < 1.29 is 18.7 Å². The minimum atomic E-state index is -0.409. The van der Waals surface area contributed by atoms with Gasteiger partial charge in [0.2, 0.25) is 11.8 Å². The molecule has 1 aromatic heterocycles. The van der Waals surface area contributed by atoms with Gasteiger partial charge in [-0.1, -0.05) is 12.1 Å². The first-order chi connectivity index (χ1) is 12.6. The molecule has 2 amide bonds. The van der Waals surface area contributed by atoms with Gasteiger partial charge in [-0.25, -0.2) is 4.39 Å². The van der Waals surface area contributed by atoms with E-state index in [1.54, 1.807) is 24.1 Å². The van der Waals surface area contributed by atoms with Gasteiger partial charge in [-0.3, -0.25) is 9.59 Å². The summed E-state index contributed by atoms with van der Waals surface area (Å²) in [5.41, 5.74) is 1.60. The molecule has 1 aliphatic rings. The van der Waals surface area contributed by atoms with Crippen molar-refractivity contribution in [2.75, 3.05) is 26.8 Å². The summed E-state index contributed by atoms with van der Waals surface area (Å²) < 4.78 is 20.7. The minimum Gasteiger partial charge on any atom is -0.383 e. The van der Waals surface area contributed by atoms with Crippen molar-refractivity contribution in [3.63, 3.8) is 0 Å². The van der Waals surface area contributed by atoms with Crippen molar-refractivity contribution in [1.82, 2.24) is 14.8 Å². The van der Waals surface area contributed by atoms with E-state index in [1.165, 1.54) is 12.1 Å². The quantitative estimate of drug-likeness (QED) is 0.631. The van der Waals surface area contributed by atoms with Crippen LogP contribution in [0.3, 0.4) is 0 Å². The Kier molecular flexibility index (Phi) is 5.68. The van der Waals surface area contributed by atoms with Crippen molar-refractivity contribution in [2.24, 2.45) is 0 Å². The predicted octanol–water partition coefficient (Wildman–Crippen LogP) is 1.71. The molecule has 1 aliphatic heterocycles. The van der Waals surface area contributed by atoms with E-state index < -0.39 is 6.04 Å². The maximum atomic E-state index is 13.7. The van der Waals surface area contributed by atoms with E-state index in [4.69, 9.17) is 4.74 Å². The summed E-state index contributed by atoms with van der Waals surface area (Å²) >= 11 is 0. The second-order valence-corrected chi connectivity index (χ2v) is 6.19. The Bertz CT molecular complexity index is 790. The van der Waals surface area contributed by atoms with Crippen molar-refractivity contribution in [3.05, 3.63) is 59.7 Å². The molecule has 3 rings (SSSR count). The van der Waals surface area contributed by atoms with Crippen LogP contribution in [0.15, 0.2) is 42.6 Å². The van der Waals surface area contributed by atoms with Gasteiger partial charge in [0.15, 0.2) is 0 Å². The Hall–Kier alpha value is -2.67. The van der Waals surface area contributed by atoms with Gasteiger partial charge >= 0.3 is 0 Å². The van der Waals surface area contributed by atoms with Gasteiger partial charge in [-0.05, 0) is 29.8 Å². The second-order valence-electron chi connectivity index (χ2n) is 6.19. The van der Waals surface area contributed by atoms with Crippen LogP contribution >= 0.6 is 0 Å². The number of hydrogen-bond donors (Lipinski definition) is 1. The molecule has 1 atom stereocenters. The first kappa shape index (κ1) is 18.1. The van der Waals surface area contributed by atoms with Crippen LogP contribution in [0.5, 0.6) is 0 Å². The number of benzene rings is 1. The first-order valence-corrected chi connectivity index (χ1v) is 8.55. The van der Waals surface area contributed by atoms with Gasteiger partial charge < -0.3 is 19.5 Å². The Labute approximate surface area is 151 Å². The highest BCUT2D eigenvalue weighted by Crippen LogP contribution is 2.33. The van der Waals surface area contributed by atoms with E-state index in [0.717, 1.165) is 5.69 Å². The summed E-state index contributed by atoms with van der Waals surface area (Å²) in [6.45, 7) is 1.86. The van der Waals surface area contributed by atoms with E-state index >= 15 is 0 Å². The van der Waals surface area contributed by atoms with Crippen molar-refractivity contribution >= 4 is 11.8 Å². The number of fused-ring (bicyclic) bond motifs is 1. The van der Waals surface area contributed by atoms with Crippen LogP contribution < -0.4 is 5.32 Å². The fraction of sp³-hybridized carbons (Fsp3) is 0.368. The number of rotatable bonds is 6. The lowest BCUT2D eigenvalue weighted by molar-refractivity contribution is -0.138. The number of ether oxygens (including phenoxy) is 1. The summed E-state index contributed by atoms with van der Waals surface area (Å²) in [6, 6.07) is 9.67. The number of carbonyl (C=O) groups excluding carboxylic acids is 2. The molecule has 0 aliphatic carbocycles. The zero-order valence-corrected chi connectivity index (χ0v) is 14.7. The summed E-state index contributed by atoms with van der Waals surface area (Å²) in [5, 5.41) is 2.65. The molecule has 1 N–H and O–H groups in total. The third-order valence-corrected chi connectivity index (χ3v) is 4.46. The van der Waals surface area contributed by atoms with Crippen molar-refractivity contribution in [2.45, 2.75) is 19.0 Å². The van der Waals surface area contributed by atoms with Gasteiger partial charge in [-0.15, -0.1) is 0 Å². The van der Waals surface area contributed by atoms with Gasteiger partial charge in [0.05, 0.1) is 12.6 Å². The number of amides is 2. The lowest BCUT2D eigenvalue weighted by Gasteiger charge is -2.37. The van der Waals surface area contributed by atoms with Gasteiger partial charge in [-0.2, -0.15) is 0 Å². The molecule has 0 fully saturated rings. The molecular weight excluding hydrogens is 337 g/mol. The van der Waals surface area contributed by atoms with Crippen LogP contribution in [-0.2, 0) is 20.9 Å². The van der Waals surface area contributed by atoms with Crippen LogP contribution in [0.4, 0.5) is 4.39 Å². The van der Waals surface area contributed by atoms with Crippen LogP contribution in [0.2, 0.25) is 0 Å². The molecule has 138 valence electrons. The SMILES string of the molecule is COCCNC(=O)CC(=O)N1CCn2cccc2[C@H]1c1cccc(F)c1. The smallest absolute Gasteiger partial charge is 0.232 e. The molecule has 7 heteroatoms. The molecular formula is C19H22FN3O3. The average Bonchev–Trinajstić information content (AvgIpc) is 3.09. The topological polar surface area (TPSA) is 63.6 Å². The molecule has 2 aromatic rings. The number of hydrogen-bond acceptors (Lipinski definition) is 3. The number of methoxy groups -OCH3 is 1. The first-order valence-electron chi connectivity index (χ1n) is 8.55. The van der Waals surface area contributed by atoms with Gasteiger partial charge in [0.1, 0.15) is 12.2 Å². The van der Waals surface area contributed by atoms with Gasteiger partial charge in [0.25, 0.3) is 0 Å². The van der Waals surface area contributed by atoms with E-state index in [2.05, 4.69) is 9.88 Å². The van der Waals surface area contributed by atoms with E-state index in [9.17, 15) is 14.0 Å². The van der Waals surface area contributed by atoms with E-state index in [1.807, 2.05) is 18.3 Å². The molecule has 0 radical (unpaired) electrons. The molecule has 0 saturated heterocycles. The van der Waals surface area contributed by atoms with Crippen LogP contribution in [0, 0.1) is 5.82 Å². The molecule has 0 unspecified atom stereocenters. The highest BCUT2D eigenvalue weighted by Gasteiger charge is 2.32. The standard InChI is InChI=1S/C19H22FN3O3/c1-26-11-7-21-17(24)13-18(25)23-10-9-22-8-3-6-16(22)19(23)14-4-2-5-15(20)12-14/h2-6,8,12,19H,7,9-11,13H2,1H3,(H,21,24)/t19-/m1/s1. The summed E-state index contributed by atoms with van der Waals surface area (Å²) in [6.07, 6.45) is 1.71. The average molecular weight is 359 g/mol. The van der Waals surface area contributed by atoms with Crippen molar-refractivity contribution in [1.29, 1.82) is 0 Å². The Morgan fingerprint density at radius 3 is 2.88 bits per heavy atom. The second kappa shape index (κ2) is 8.14. The molecule has 0 bridgehead atoms. The molecule has 26 heavy (non-hydrogen) atoms. The third kappa shape index (κ3) is 3.94. The van der Waals surface area contributed by atoms with Crippen LogP contribution in [-0.4, -0.2) is 48.1 Å². The molecule has 0 saturated carbocycles. The molecule has 2 heterocycles. The maximum Gasteiger partial charge on any atom is 0.232 e. The predicted molar refractivity (Wildman–Crippen MR) is 93.9 cm³/mol. The van der Waals surface area contributed by atoms with Crippen LogP contribution in [0.25, 0.3) is 0 Å². The van der Waals surface area contributed by atoms with Gasteiger partial charge in [0, 0.05) is 38.6 Å². The van der Waals surface area contributed by atoms with E-state index in [-0.39, 0.29) is 24.1 Å². The highest BCUT2D eigenvalue weighted by atomic mass is 19.1.